The molecule has 1 aliphatic heterocycles. The molecule has 2 aliphatic rings. The molecule has 0 radical (unpaired) electrons. The summed E-state index contributed by atoms with van der Waals surface area (Å²) in [5, 5.41) is 0. The Kier molecular flexibility index (Phi) is 8.41. The summed E-state index contributed by atoms with van der Waals surface area (Å²) >= 11 is 0. The maximum Gasteiger partial charge on any atom is 0.351 e. The van der Waals surface area contributed by atoms with Gasteiger partial charge in [-0.05, 0) is 43.4 Å². The van der Waals surface area contributed by atoms with E-state index in [9.17, 15) is 9.59 Å². The predicted molar refractivity (Wildman–Crippen MR) is 137 cm³/mol. The average molecular weight is 517 g/mol. The Hall–Kier alpha value is -2.78. The summed E-state index contributed by atoms with van der Waals surface area (Å²) in [5.74, 6) is 0.915. The lowest BCUT2D eigenvalue weighted by atomic mass is 9.90. The lowest BCUT2D eigenvalue weighted by molar-refractivity contribution is -0.151. The van der Waals surface area contributed by atoms with Gasteiger partial charge in [0.25, 0.3) is 0 Å². The fourth-order valence-corrected chi connectivity index (χ4v) is 5.21. The molecule has 1 aliphatic carbocycles. The van der Waals surface area contributed by atoms with Gasteiger partial charge in [-0.15, -0.1) is 0 Å². The molecule has 10 nitrogen and oxygen atoms in total. The first kappa shape index (κ1) is 26.3. The van der Waals surface area contributed by atoms with Gasteiger partial charge in [0.15, 0.2) is 5.75 Å². The molecular weight excluding hydrogens is 483 g/mol. The number of carbonyl (C=O) groups is 1. The Labute approximate surface area is 212 Å². The summed E-state index contributed by atoms with van der Waals surface area (Å²) < 4.78 is 18.5. The Morgan fingerprint density at radius 1 is 1.36 bits per heavy atom. The topological polar surface area (TPSA) is 118 Å². The largest absolute Gasteiger partial charge is 0.468 e. The number of esters is 1. The first-order valence-electron chi connectivity index (χ1n) is 12.0. The number of hydroxylamine groups is 1. The second kappa shape index (κ2) is 11.5. The summed E-state index contributed by atoms with van der Waals surface area (Å²) in [4.78, 5) is 36.1. The number of ether oxygens (including phenoxy) is 2. The van der Waals surface area contributed by atoms with Gasteiger partial charge in [0.1, 0.15) is 27.0 Å². The number of allylic oxidation sites excluding steroid dienone is 1. The number of hydrogen-bond acceptors (Lipinski definition) is 9. The predicted octanol–water partition coefficient (Wildman–Crippen LogP) is 3.34. The summed E-state index contributed by atoms with van der Waals surface area (Å²) in [6.45, 7) is 6.15. The van der Waals surface area contributed by atoms with Gasteiger partial charge in [-0.3, -0.25) is 9.36 Å². The van der Waals surface area contributed by atoms with E-state index in [1.165, 1.54) is 16.5 Å². The van der Waals surface area contributed by atoms with E-state index < -0.39 is 23.9 Å². The van der Waals surface area contributed by atoms with Crippen molar-refractivity contribution >= 4 is 26.8 Å². The zero-order chi connectivity index (χ0) is 25.8. The highest BCUT2D eigenvalue weighted by Gasteiger charge is 2.35. The van der Waals surface area contributed by atoms with Crippen molar-refractivity contribution < 1.29 is 23.6 Å². The average Bonchev–Trinajstić information content (AvgIpc) is 3.22. The van der Waals surface area contributed by atoms with Crippen LogP contribution in [0.2, 0.25) is 0 Å². The van der Waals surface area contributed by atoms with Crippen molar-refractivity contribution in [2.75, 3.05) is 19.5 Å². The highest BCUT2D eigenvalue weighted by Crippen LogP contribution is 2.37. The number of carbonyl (C=O) groups excluding carboxylic acids is 1. The van der Waals surface area contributed by atoms with Crippen molar-refractivity contribution in [3.8, 4) is 5.75 Å². The maximum atomic E-state index is 12.3. The van der Waals surface area contributed by atoms with Crippen LogP contribution < -0.4 is 16.3 Å². The van der Waals surface area contributed by atoms with Gasteiger partial charge < -0.3 is 24.6 Å². The Bertz CT molecular complexity index is 1170. The summed E-state index contributed by atoms with van der Waals surface area (Å²) in [6, 6.07) is 6.77. The van der Waals surface area contributed by atoms with E-state index in [4.69, 9.17) is 24.6 Å². The number of nitrogen functional groups attached to an aromatic ring is 1. The van der Waals surface area contributed by atoms with E-state index in [0.717, 1.165) is 17.5 Å². The minimum atomic E-state index is -0.684. The molecule has 1 aromatic carbocycles. The minimum absolute atomic E-state index is 0.0808. The SMILES string of the molecule is COC(=O)[C@H](C)N(Oc1cccc2c1CC(C)C=C2)POC[C@@H]1C[C@H](C)[C@H](n2ccc(N)nc2=O)O1. The van der Waals surface area contributed by atoms with Crippen LogP contribution in [0, 0.1) is 11.8 Å². The molecule has 4 rings (SSSR count). The van der Waals surface area contributed by atoms with Crippen LogP contribution in [0.5, 0.6) is 5.75 Å². The van der Waals surface area contributed by atoms with Gasteiger partial charge in [0, 0.05) is 17.7 Å². The number of aromatic nitrogens is 2. The van der Waals surface area contributed by atoms with Crippen LogP contribution in [-0.2, 0) is 25.2 Å². The summed E-state index contributed by atoms with van der Waals surface area (Å²) in [5.41, 5.74) is 7.35. The summed E-state index contributed by atoms with van der Waals surface area (Å²) in [7, 11) is 1.07. The Morgan fingerprint density at radius 3 is 2.92 bits per heavy atom. The molecule has 0 bridgehead atoms. The fourth-order valence-electron chi connectivity index (χ4n) is 4.43. The molecule has 11 heteroatoms. The number of fused-ring (bicyclic) bond motifs is 1. The van der Waals surface area contributed by atoms with Crippen LogP contribution in [0.1, 0.15) is 44.5 Å². The monoisotopic (exact) mass is 516 g/mol. The zero-order valence-corrected chi connectivity index (χ0v) is 21.9. The molecule has 1 aromatic heterocycles. The van der Waals surface area contributed by atoms with E-state index >= 15 is 0 Å². The maximum absolute atomic E-state index is 12.3. The van der Waals surface area contributed by atoms with Crippen molar-refractivity contribution in [1.29, 1.82) is 0 Å². The van der Waals surface area contributed by atoms with Crippen LogP contribution in [0.4, 0.5) is 5.82 Å². The molecule has 2 N–H and O–H groups in total. The van der Waals surface area contributed by atoms with Crippen LogP contribution in [0.25, 0.3) is 6.08 Å². The van der Waals surface area contributed by atoms with E-state index in [0.29, 0.717) is 18.1 Å². The van der Waals surface area contributed by atoms with E-state index in [1.54, 1.807) is 19.2 Å². The van der Waals surface area contributed by atoms with Gasteiger partial charge in [-0.25, -0.2) is 4.79 Å². The van der Waals surface area contributed by atoms with Crippen LogP contribution in [-0.4, -0.2) is 46.2 Å². The minimum Gasteiger partial charge on any atom is -0.468 e. The molecule has 1 fully saturated rings. The molecular formula is C25H33N4O6P. The van der Waals surface area contributed by atoms with E-state index in [2.05, 4.69) is 24.1 Å². The molecule has 36 heavy (non-hydrogen) atoms. The first-order chi connectivity index (χ1) is 17.3. The van der Waals surface area contributed by atoms with Crippen molar-refractivity contribution in [2.24, 2.45) is 11.8 Å². The number of benzene rings is 1. The van der Waals surface area contributed by atoms with E-state index in [-0.39, 0.29) is 33.4 Å². The lowest BCUT2D eigenvalue weighted by Crippen LogP contribution is -2.37. The third kappa shape index (κ3) is 5.95. The van der Waals surface area contributed by atoms with Crippen molar-refractivity contribution in [2.45, 2.75) is 52.0 Å². The van der Waals surface area contributed by atoms with Gasteiger partial charge in [0.2, 0.25) is 0 Å². The number of rotatable bonds is 9. The fraction of sp³-hybridized carbons (Fsp3) is 0.480. The first-order valence-corrected chi connectivity index (χ1v) is 12.8. The van der Waals surface area contributed by atoms with Crippen molar-refractivity contribution in [1.82, 2.24) is 14.4 Å². The van der Waals surface area contributed by atoms with E-state index in [1.807, 2.05) is 25.1 Å². The highest BCUT2D eigenvalue weighted by atomic mass is 31.1. The van der Waals surface area contributed by atoms with Gasteiger partial charge >= 0.3 is 11.7 Å². The second-order valence-electron chi connectivity index (χ2n) is 9.29. The Morgan fingerprint density at radius 2 is 2.17 bits per heavy atom. The molecule has 1 saturated heterocycles. The van der Waals surface area contributed by atoms with Gasteiger partial charge in [-0.2, -0.15) is 4.98 Å². The quantitative estimate of drug-likeness (QED) is 0.304. The molecule has 0 amide bonds. The molecule has 0 saturated carbocycles. The van der Waals surface area contributed by atoms with Crippen LogP contribution >= 0.6 is 8.96 Å². The smallest absolute Gasteiger partial charge is 0.351 e. The third-order valence-electron chi connectivity index (χ3n) is 6.39. The number of nitrogens with two attached hydrogens (primary N) is 1. The molecule has 2 heterocycles. The third-order valence-corrected chi connectivity index (χ3v) is 7.35. The second-order valence-corrected chi connectivity index (χ2v) is 10.2. The number of anilines is 1. The number of nitrogens with zero attached hydrogens (tertiary/aromatic N) is 3. The molecule has 0 spiro atoms. The highest BCUT2D eigenvalue weighted by molar-refractivity contribution is 7.29. The zero-order valence-electron chi connectivity index (χ0n) is 20.9. The van der Waals surface area contributed by atoms with Crippen molar-refractivity contribution in [3.63, 3.8) is 0 Å². The van der Waals surface area contributed by atoms with Gasteiger partial charge in [0.05, 0.1) is 19.8 Å². The molecule has 6 atom stereocenters. The molecule has 2 aromatic rings. The van der Waals surface area contributed by atoms with Gasteiger partial charge in [-0.1, -0.05) is 43.0 Å². The number of methoxy groups -OCH3 is 1. The Balaban J connectivity index is 1.41. The van der Waals surface area contributed by atoms with Crippen molar-refractivity contribution in [3.05, 3.63) is 58.1 Å². The summed E-state index contributed by atoms with van der Waals surface area (Å²) in [6.07, 6.45) is 6.75. The standard InChI is InChI=1S/C25H33N4O6P/c1-15-8-9-18-6-5-7-21(20(18)12-15)35-29(17(3)24(30)32-4)36-33-14-19-13-16(2)23(34-19)28-11-10-22(26)27-25(28)31/h5-11,15-17,19,23,36H,12-14H2,1-4H3,(H2,26,27,31)/t15?,16-,17-,19-,23+/m0/s1. The molecule has 2 unspecified atom stereocenters. The lowest BCUT2D eigenvalue weighted by Gasteiger charge is -2.28. The molecule has 194 valence electrons. The normalized spacial score (nSPS) is 24.2. The number of hydrogen-bond donors (Lipinski definition) is 1. The van der Waals surface area contributed by atoms with Crippen LogP contribution in [0.3, 0.4) is 0 Å². The van der Waals surface area contributed by atoms with Crippen LogP contribution in [0.15, 0.2) is 41.3 Å².